The molecule has 6 heteroatoms. The van der Waals surface area contributed by atoms with Gasteiger partial charge in [-0.2, -0.15) is 8.42 Å². The molecule has 0 aliphatic heterocycles. The van der Waals surface area contributed by atoms with Crippen molar-refractivity contribution in [2.45, 2.75) is 19.3 Å². The van der Waals surface area contributed by atoms with Gasteiger partial charge in [-0.1, -0.05) is 6.42 Å². The maximum Gasteiger partial charge on any atom is 1.00 e. The number of hydrogen-bond acceptors (Lipinski definition) is 3. The van der Waals surface area contributed by atoms with Crippen LogP contribution in [0.4, 0.5) is 0 Å². The van der Waals surface area contributed by atoms with E-state index >= 15 is 0 Å². The Labute approximate surface area is 90.5 Å². The average Bonchev–Trinajstić information content (AvgIpc) is 1.78. The summed E-state index contributed by atoms with van der Waals surface area (Å²) in [6.07, 6.45) is 1.64. The maximum absolute atomic E-state index is 10.1. The molecule has 4 nitrogen and oxygen atoms in total. The van der Waals surface area contributed by atoms with Gasteiger partial charge in [0.1, 0.15) is 0 Å². The molecule has 0 atom stereocenters. The van der Waals surface area contributed by atoms with Gasteiger partial charge in [0.15, 0.2) is 0 Å². The Hall–Kier alpha value is 0.870. The third-order valence-corrected chi connectivity index (χ3v) is 1.86. The molecule has 0 rings (SSSR count). The van der Waals surface area contributed by atoms with Crippen molar-refractivity contribution in [3.63, 3.8) is 0 Å². The number of aliphatic hydroxyl groups excluding tert-OH is 1. The Morgan fingerprint density at radius 1 is 1.18 bits per heavy atom. The Bertz CT molecular complexity index is 170. The maximum atomic E-state index is 10.1. The summed E-state index contributed by atoms with van der Waals surface area (Å²) in [5, 5.41) is 8.28. The third kappa shape index (κ3) is 13.8. The van der Waals surface area contributed by atoms with Crippen LogP contribution in [0.25, 0.3) is 0 Å². The first-order valence-corrected chi connectivity index (χ1v) is 4.73. The van der Waals surface area contributed by atoms with Gasteiger partial charge in [0.25, 0.3) is 10.1 Å². The predicted octanol–water partition coefficient (Wildman–Crippen LogP) is -2.85. The molecule has 0 amide bonds. The fraction of sp³-hybridized carbons (Fsp3) is 1.00. The second-order valence-corrected chi connectivity index (χ2v) is 3.64. The zero-order valence-corrected chi connectivity index (χ0v) is 9.47. The summed E-state index contributed by atoms with van der Waals surface area (Å²) in [6.45, 7) is 0.0749. The molecule has 0 fully saturated rings. The van der Waals surface area contributed by atoms with Crippen molar-refractivity contribution in [3.8, 4) is 0 Å². The Morgan fingerprint density at radius 2 is 1.73 bits per heavy atom. The molecule has 0 unspecified atom stereocenters. The fourth-order valence-corrected chi connectivity index (χ4v) is 1.14. The van der Waals surface area contributed by atoms with Crippen molar-refractivity contribution in [1.82, 2.24) is 0 Å². The molecular formula is C5H13NaO4S. The van der Waals surface area contributed by atoms with Gasteiger partial charge in [-0.3, -0.25) is 4.55 Å². The van der Waals surface area contributed by atoms with E-state index in [1.165, 1.54) is 0 Å². The van der Waals surface area contributed by atoms with E-state index < -0.39 is 10.1 Å². The second-order valence-electron chi connectivity index (χ2n) is 2.07. The summed E-state index contributed by atoms with van der Waals surface area (Å²) < 4.78 is 28.4. The van der Waals surface area contributed by atoms with Crippen LogP contribution in [0.2, 0.25) is 0 Å². The fourth-order valence-electron chi connectivity index (χ4n) is 0.573. The van der Waals surface area contributed by atoms with Gasteiger partial charge in [0, 0.05) is 6.61 Å². The Balaban J connectivity index is -0.000000405. The summed E-state index contributed by atoms with van der Waals surface area (Å²) in [4.78, 5) is 0. The number of unbranched alkanes of at least 4 members (excludes halogenated alkanes) is 2. The molecule has 0 spiro atoms. The summed E-state index contributed by atoms with van der Waals surface area (Å²) in [5.74, 6) is -0.201. The van der Waals surface area contributed by atoms with Gasteiger partial charge in [0.2, 0.25) is 0 Å². The number of aliphatic hydroxyl groups is 1. The van der Waals surface area contributed by atoms with E-state index in [4.69, 9.17) is 9.66 Å². The van der Waals surface area contributed by atoms with Gasteiger partial charge >= 0.3 is 29.6 Å². The van der Waals surface area contributed by atoms with Crippen molar-refractivity contribution in [2.75, 3.05) is 12.4 Å². The molecule has 0 aromatic heterocycles. The van der Waals surface area contributed by atoms with E-state index in [0.717, 1.165) is 0 Å². The molecule has 0 radical (unpaired) electrons. The monoisotopic (exact) mass is 192 g/mol. The van der Waals surface area contributed by atoms with E-state index in [1.54, 1.807) is 0 Å². The van der Waals surface area contributed by atoms with Gasteiger partial charge in [0.05, 0.1) is 5.75 Å². The van der Waals surface area contributed by atoms with Crippen LogP contribution in [0.1, 0.15) is 20.7 Å². The minimum absolute atomic E-state index is 0. The second kappa shape index (κ2) is 7.52. The predicted molar refractivity (Wildman–Crippen MR) is 38.5 cm³/mol. The van der Waals surface area contributed by atoms with E-state index in [0.29, 0.717) is 19.3 Å². The first-order valence-electron chi connectivity index (χ1n) is 3.12. The van der Waals surface area contributed by atoms with Crippen LogP contribution in [0.3, 0.4) is 0 Å². The Morgan fingerprint density at radius 3 is 2.09 bits per heavy atom. The largest absolute Gasteiger partial charge is 1.00 e. The van der Waals surface area contributed by atoms with Gasteiger partial charge in [-0.05, 0) is 12.8 Å². The van der Waals surface area contributed by atoms with Crippen LogP contribution in [0, 0.1) is 0 Å². The zero-order chi connectivity index (χ0) is 8.04. The van der Waals surface area contributed by atoms with Gasteiger partial charge in [-0.15, -0.1) is 0 Å². The number of hydrogen-bond donors (Lipinski definition) is 2. The van der Waals surface area contributed by atoms with Crippen LogP contribution in [0.5, 0.6) is 0 Å². The van der Waals surface area contributed by atoms with E-state index in [2.05, 4.69) is 0 Å². The standard InChI is InChI=1S/C5H12O4S.Na.H/c6-4-2-1-3-5-10(7,8)9;;/h6H,1-5H2,(H,7,8,9);;/q;+1;-1. The molecule has 0 heterocycles. The quantitative estimate of drug-likeness (QED) is 0.279. The average molecular weight is 192 g/mol. The molecule has 0 bridgehead atoms. The topological polar surface area (TPSA) is 74.6 Å². The van der Waals surface area contributed by atoms with Crippen LogP contribution in [-0.4, -0.2) is 30.4 Å². The van der Waals surface area contributed by atoms with E-state index in [-0.39, 0.29) is 43.3 Å². The van der Waals surface area contributed by atoms with Gasteiger partial charge in [-0.25, -0.2) is 0 Å². The molecular weight excluding hydrogens is 179 g/mol. The smallest absolute Gasteiger partial charge is 1.00 e. The molecule has 2 N–H and O–H groups in total. The summed E-state index contributed by atoms with van der Waals surface area (Å²) >= 11 is 0. The van der Waals surface area contributed by atoms with Crippen LogP contribution in [-0.2, 0) is 10.1 Å². The first-order chi connectivity index (χ1) is 4.56. The van der Waals surface area contributed by atoms with E-state index in [1.807, 2.05) is 0 Å². The molecule has 11 heavy (non-hydrogen) atoms. The molecule has 0 aliphatic carbocycles. The minimum Gasteiger partial charge on any atom is -1.00 e. The minimum atomic E-state index is -3.79. The van der Waals surface area contributed by atoms with Crippen LogP contribution in [0.15, 0.2) is 0 Å². The summed E-state index contributed by atoms with van der Waals surface area (Å²) in [5.41, 5.74) is 0. The van der Waals surface area contributed by atoms with Crippen molar-refractivity contribution in [2.24, 2.45) is 0 Å². The van der Waals surface area contributed by atoms with Crippen molar-refractivity contribution >= 4 is 10.1 Å². The van der Waals surface area contributed by atoms with Crippen molar-refractivity contribution in [3.05, 3.63) is 0 Å². The summed E-state index contributed by atoms with van der Waals surface area (Å²) in [7, 11) is -3.79. The third-order valence-electron chi connectivity index (χ3n) is 1.06. The molecule has 0 aromatic carbocycles. The van der Waals surface area contributed by atoms with Crippen molar-refractivity contribution in [1.29, 1.82) is 0 Å². The molecule has 0 aliphatic rings. The molecule has 0 aromatic rings. The SMILES string of the molecule is O=S(=O)(O)CCCCCO.[H-].[Na+]. The number of rotatable bonds is 5. The summed E-state index contributed by atoms with van der Waals surface area (Å²) in [6, 6.07) is 0. The molecule has 0 saturated carbocycles. The van der Waals surface area contributed by atoms with E-state index in [9.17, 15) is 8.42 Å². The first kappa shape index (κ1) is 14.4. The molecule has 0 saturated heterocycles. The van der Waals surface area contributed by atoms with Gasteiger partial charge < -0.3 is 6.53 Å². The molecule has 64 valence electrons. The Kier molecular flexibility index (Phi) is 9.84. The van der Waals surface area contributed by atoms with Crippen LogP contribution < -0.4 is 29.6 Å². The van der Waals surface area contributed by atoms with Crippen molar-refractivity contribution < 1.29 is 49.1 Å². The normalized spacial score (nSPS) is 10.7. The van der Waals surface area contributed by atoms with Crippen LogP contribution >= 0.6 is 0 Å². The zero-order valence-electron chi connectivity index (χ0n) is 7.65.